The van der Waals surface area contributed by atoms with E-state index in [2.05, 4.69) is 9.71 Å². The van der Waals surface area contributed by atoms with Crippen molar-refractivity contribution in [2.45, 2.75) is 13.0 Å². The van der Waals surface area contributed by atoms with Crippen LogP contribution in [0.2, 0.25) is 0 Å². The molecule has 0 saturated carbocycles. The number of nitrogens with zero attached hydrogens (tertiary/aromatic N) is 1. The number of methoxy groups -OCH3 is 1. The Labute approximate surface area is 173 Å². The van der Waals surface area contributed by atoms with Crippen LogP contribution in [-0.2, 0) is 27.7 Å². The summed E-state index contributed by atoms with van der Waals surface area (Å²) < 4.78 is 30.1. The van der Waals surface area contributed by atoms with Crippen LogP contribution in [0.4, 0.5) is 5.69 Å². The molecule has 8 nitrogen and oxygen atoms in total. The van der Waals surface area contributed by atoms with Crippen LogP contribution in [0, 0.1) is 0 Å². The number of anilines is 1. The van der Waals surface area contributed by atoms with Gasteiger partial charge in [0.15, 0.2) is 0 Å². The molecule has 0 radical (unpaired) electrons. The number of nitrogens with one attached hydrogen (secondary N) is 2. The number of benzene rings is 2. The van der Waals surface area contributed by atoms with Gasteiger partial charge in [0.1, 0.15) is 0 Å². The molecule has 0 aliphatic carbocycles. The highest BCUT2D eigenvalue weighted by Crippen LogP contribution is 2.29. The second-order valence-corrected chi connectivity index (χ2v) is 9.01. The van der Waals surface area contributed by atoms with E-state index in [-0.39, 0.29) is 5.91 Å². The number of rotatable bonds is 4. The first kappa shape index (κ1) is 20.0. The first-order valence-corrected chi connectivity index (χ1v) is 11.2. The number of carbonyl (C=O) groups excluding carboxylic acids is 2. The third kappa shape index (κ3) is 3.88. The number of hydrogen-bond acceptors (Lipinski definition) is 5. The monoisotopic (exact) mass is 427 g/mol. The van der Waals surface area contributed by atoms with Crippen LogP contribution >= 0.6 is 0 Å². The van der Waals surface area contributed by atoms with Gasteiger partial charge in [-0.3, -0.25) is 9.52 Å². The number of hydrogen-bond donors (Lipinski definition) is 2. The number of amides is 1. The fourth-order valence-electron chi connectivity index (χ4n) is 3.74. The summed E-state index contributed by atoms with van der Waals surface area (Å²) in [5.41, 5.74) is 4.12. The molecule has 2 N–H and O–H groups in total. The molecule has 1 amide bonds. The summed E-state index contributed by atoms with van der Waals surface area (Å²) in [6.07, 6.45) is 1.72. The number of sulfonamides is 1. The van der Waals surface area contributed by atoms with E-state index in [1.165, 1.54) is 13.2 Å². The van der Waals surface area contributed by atoms with Gasteiger partial charge in [-0.25, -0.2) is 13.2 Å². The highest BCUT2D eigenvalue weighted by atomic mass is 32.2. The van der Waals surface area contributed by atoms with E-state index < -0.39 is 16.0 Å². The molecular formula is C21H21N3O5S. The van der Waals surface area contributed by atoms with Crippen molar-refractivity contribution in [3.8, 4) is 0 Å². The lowest BCUT2D eigenvalue weighted by molar-refractivity contribution is 0.0600. The van der Waals surface area contributed by atoms with Gasteiger partial charge in [0.05, 0.1) is 18.9 Å². The Morgan fingerprint density at radius 1 is 1.13 bits per heavy atom. The van der Waals surface area contributed by atoms with Gasteiger partial charge < -0.3 is 14.6 Å². The van der Waals surface area contributed by atoms with Crippen molar-refractivity contribution >= 4 is 38.5 Å². The van der Waals surface area contributed by atoms with E-state index >= 15 is 0 Å². The zero-order valence-corrected chi connectivity index (χ0v) is 17.4. The molecule has 0 saturated heterocycles. The van der Waals surface area contributed by atoms with Crippen molar-refractivity contribution in [3.63, 3.8) is 0 Å². The highest BCUT2D eigenvalue weighted by molar-refractivity contribution is 7.92. The first-order valence-electron chi connectivity index (χ1n) is 9.34. The minimum absolute atomic E-state index is 0.184. The van der Waals surface area contributed by atoms with Crippen molar-refractivity contribution in [1.82, 2.24) is 9.88 Å². The van der Waals surface area contributed by atoms with Crippen molar-refractivity contribution in [2.75, 3.05) is 24.6 Å². The lowest BCUT2D eigenvalue weighted by Crippen LogP contribution is -2.35. The molecule has 1 aliphatic heterocycles. The van der Waals surface area contributed by atoms with Crippen LogP contribution in [0.3, 0.4) is 0 Å². The van der Waals surface area contributed by atoms with E-state index in [1.54, 1.807) is 35.2 Å². The summed E-state index contributed by atoms with van der Waals surface area (Å²) in [6, 6.07) is 11.8. The zero-order chi connectivity index (χ0) is 21.5. The molecule has 1 aliphatic rings. The number of aromatic amines is 1. The minimum Gasteiger partial charge on any atom is -0.465 e. The Morgan fingerprint density at radius 3 is 2.67 bits per heavy atom. The predicted molar refractivity (Wildman–Crippen MR) is 113 cm³/mol. The van der Waals surface area contributed by atoms with Gasteiger partial charge in [-0.05, 0) is 36.4 Å². The summed E-state index contributed by atoms with van der Waals surface area (Å²) >= 11 is 0. The average molecular weight is 427 g/mol. The second kappa shape index (κ2) is 7.49. The number of esters is 1. The summed E-state index contributed by atoms with van der Waals surface area (Å²) in [7, 11) is -2.09. The Bertz CT molecular complexity index is 1260. The van der Waals surface area contributed by atoms with Gasteiger partial charge in [-0.15, -0.1) is 0 Å². The van der Waals surface area contributed by atoms with Gasteiger partial charge in [0.2, 0.25) is 10.0 Å². The van der Waals surface area contributed by atoms with Crippen LogP contribution in [0.25, 0.3) is 10.9 Å². The molecule has 0 unspecified atom stereocenters. The Hall–Kier alpha value is -3.33. The van der Waals surface area contributed by atoms with Crippen molar-refractivity contribution < 1.29 is 22.7 Å². The van der Waals surface area contributed by atoms with Crippen LogP contribution < -0.4 is 4.72 Å². The number of carbonyl (C=O) groups is 2. The molecule has 0 bridgehead atoms. The molecule has 9 heteroatoms. The third-order valence-electron chi connectivity index (χ3n) is 5.10. The van der Waals surface area contributed by atoms with Gasteiger partial charge in [0.25, 0.3) is 5.91 Å². The molecule has 2 heterocycles. The van der Waals surface area contributed by atoms with Crippen molar-refractivity contribution in [1.29, 1.82) is 0 Å². The fourth-order valence-corrected chi connectivity index (χ4v) is 4.30. The maximum atomic E-state index is 13.1. The van der Waals surface area contributed by atoms with Gasteiger partial charge >= 0.3 is 5.97 Å². The largest absolute Gasteiger partial charge is 0.465 e. The fraction of sp³-hybridized carbons (Fsp3) is 0.238. The van der Waals surface area contributed by atoms with E-state index in [0.717, 1.165) is 28.4 Å². The molecule has 2 aromatic carbocycles. The van der Waals surface area contributed by atoms with E-state index in [9.17, 15) is 18.0 Å². The Balaban J connectivity index is 1.63. The topological polar surface area (TPSA) is 109 Å². The van der Waals surface area contributed by atoms with Crippen LogP contribution in [-0.4, -0.2) is 50.1 Å². The number of aromatic nitrogens is 1. The number of H-pyrrole nitrogens is 1. The van der Waals surface area contributed by atoms with Crippen LogP contribution in [0.15, 0.2) is 42.5 Å². The molecule has 0 atom stereocenters. The predicted octanol–water partition coefficient (Wildman–Crippen LogP) is 2.52. The lowest BCUT2D eigenvalue weighted by Gasteiger charge is -2.27. The van der Waals surface area contributed by atoms with E-state index in [4.69, 9.17) is 4.74 Å². The van der Waals surface area contributed by atoms with Crippen LogP contribution in [0.5, 0.6) is 0 Å². The lowest BCUT2D eigenvalue weighted by atomic mass is 10.0. The SMILES string of the molecule is COC(=O)c1ccc2[nH]c3c(c2c1)CN(C(=O)c1cccc(NS(C)(=O)=O)c1)CC3. The third-order valence-corrected chi connectivity index (χ3v) is 5.70. The maximum Gasteiger partial charge on any atom is 0.337 e. The molecular weight excluding hydrogens is 406 g/mol. The smallest absolute Gasteiger partial charge is 0.337 e. The van der Waals surface area contributed by atoms with Crippen molar-refractivity contribution in [2.24, 2.45) is 0 Å². The van der Waals surface area contributed by atoms with Gasteiger partial charge in [-0.2, -0.15) is 0 Å². The second-order valence-electron chi connectivity index (χ2n) is 7.27. The van der Waals surface area contributed by atoms with Gasteiger partial charge in [0, 0.05) is 52.9 Å². The standard InChI is InChI=1S/C21H21N3O5S/c1-29-21(26)14-6-7-18-16(11-14)17-12-24(9-8-19(17)22-18)20(25)13-4-3-5-15(10-13)23-30(2,27)28/h3-7,10-11,22-23H,8-9,12H2,1-2H3. The molecule has 0 spiro atoms. The minimum atomic E-state index is -3.43. The van der Waals surface area contributed by atoms with E-state index in [1.807, 2.05) is 6.07 Å². The number of fused-ring (bicyclic) bond motifs is 3. The van der Waals surface area contributed by atoms with Crippen molar-refractivity contribution in [3.05, 3.63) is 64.8 Å². The van der Waals surface area contributed by atoms with Gasteiger partial charge in [-0.1, -0.05) is 6.07 Å². The normalized spacial score (nSPS) is 13.7. The molecule has 156 valence electrons. The molecule has 1 aromatic heterocycles. The maximum absolute atomic E-state index is 13.1. The van der Waals surface area contributed by atoms with E-state index in [0.29, 0.717) is 36.3 Å². The summed E-state index contributed by atoms with van der Waals surface area (Å²) in [4.78, 5) is 30.1. The molecule has 30 heavy (non-hydrogen) atoms. The first-order chi connectivity index (χ1) is 14.2. The highest BCUT2D eigenvalue weighted by Gasteiger charge is 2.25. The summed E-state index contributed by atoms with van der Waals surface area (Å²) in [6.45, 7) is 0.925. The molecule has 0 fully saturated rings. The Kier molecular flexibility index (Phi) is 4.98. The Morgan fingerprint density at radius 2 is 1.93 bits per heavy atom. The number of ether oxygens (including phenoxy) is 1. The summed E-state index contributed by atoms with van der Waals surface area (Å²) in [5.74, 6) is -0.595. The quantitative estimate of drug-likeness (QED) is 0.622. The van der Waals surface area contributed by atoms with Crippen LogP contribution in [0.1, 0.15) is 32.0 Å². The zero-order valence-electron chi connectivity index (χ0n) is 16.6. The molecule has 4 rings (SSSR count). The summed E-state index contributed by atoms with van der Waals surface area (Å²) in [5, 5.41) is 0.887. The molecule has 3 aromatic rings. The average Bonchev–Trinajstić information content (AvgIpc) is 3.08.